The zero-order valence-electron chi connectivity index (χ0n) is 18.2. The zero-order chi connectivity index (χ0) is 21.5. The van der Waals surface area contributed by atoms with Gasteiger partial charge in [-0.05, 0) is 37.0 Å². The molecule has 1 aliphatic heterocycles. The van der Waals surface area contributed by atoms with Crippen molar-refractivity contribution in [1.82, 2.24) is 19.7 Å². The summed E-state index contributed by atoms with van der Waals surface area (Å²) in [6.45, 7) is 5.72. The highest BCUT2D eigenvalue weighted by atomic mass is 35.5. The minimum Gasteiger partial charge on any atom is -0.357 e. The van der Waals surface area contributed by atoms with Gasteiger partial charge in [-0.3, -0.25) is 9.79 Å². The van der Waals surface area contributed by atoms with Crippen molar-refractivity contribution in [2.45, 2.75) is 39.3 Å². The Hall–Kier alpha value is -2.47. The molecule has 1 aromatic heterocycles. The van der Waals surface area contributed by atoms with Crippen molar-refractivity contribution in [2.24, 2.45) is 12.0 Å². The molecule has 0 unspecified atom stereocenters. The Labute approximate surface area is 184 Å². The second kappa shape index (κ2) is 10.5. The van der Waals surface area contributed by atoms with Crippen LogP contribution in [0.4, 0.5) is 0 Å². The Bertz CT molecular complexity index is 891. The summed E-state index contributed by atoms with van der Waals surface area (Å²) in [5.41, 5.74) is 3.75. The first-order valence-electron chi connectivity index (χ1n) is 10.6. The number of nitrogens with one attached hydrogen (secondary N) is 1. The van der Waals surface area contributed by atoms with E-state index < -0.39 is 0 Å². The first-order chi connectivity index (χ1) is 14.5. The Morgan fingerprint density at radius 1 is 1.30 bits per heavy atom. The van der Waals surface area contributed by atoms with Crippen LogP contribution in [0.25, 0.3) is 0 Å². The van der Waals surface area contributed by atoms with E-state index in [9.17, 15) is 4.79 Å². The van der Waals surface area contributed by atoms with E-state index in [1.807, 2.05) is 41.9 Å². The van der Waals surface area contributed by atoms with E-state index in [-0.39, 0.29) is 5.91 Å². The molecule has 2 aromatic rings. The fourth-order valence-corrected chi connectivity index (χ4v) is 4.07. The summed E-state index contributed by atoms with van der Waals surface area (Å²) in [7, 11) is 4.00. The van der Waals surface area contributed by atoms with Gasteiger partial charge in [0.05, 0.1) is 11.6 Å². The third-order valence-electron chi connectivity index (χ3n) is 5.46. The van der Waals surface area contributed by atoms with Gasteiger partial charge in [0.15, 0.2) is 5.96 Å². The third kappa shape index (κ3) is 5.79. The molecule has 7 heteroatoms. The van der Waals surface area contributed by atoms with E-state index in [2.05, 4.69) is 35.3 Å². The first kappa shape index (κ1) is 22.2. The smallest absolute Gasteiger partial charge is 0.222 e. The zero-order valence-corrected chi connectivity index (χ0v) is 19.0. The van der Waals surface area contributed by atoms with Crippen molar-refractivity contribution in [3.8, 4) is 0 Å². The fraction of sp³-hybridized carbons (Fsp3) is 0.478. The Morgan fingerprint density at radius 2 is 2.07 bits per heavy atom. The topological polar surface area (TPSA) is 52.9 Å². The fourth-order valence-electron chi connectivity index (χ4n) is 3.79. The van der Waals surface area contributed by atoms with Crippen LogP contribution in [0.3, 0.4) is 0 Å². The highest BCUT2D eigenvalue weighted by molar-refractivity contribution is 6.30. The molecule has 0 spiro atoms. The van der Waals surface area contributed by atoms with Gasteiger partial charge in [0.1, 0.15) is 0 Å². The van der Waals surface area contributed by atoms with Crippen LogP contribution in [0.2, 0.25) is 5.02 Å². The average Bonchev–Trinajstić information content (AvgIpc) is 3.06. The van der Waals surface area contributed by atoms with Gasteiger partial charge in [-0.25, -0.2) is 0 Å². The number of aromatic nitrogens is 1. The third-order valence-corrected chi connectivity index (χ3v) is 5.67. The lowest BCUT2D eigenvalue weighted by Crippen LogP contribution is -2.39. The summed E-state index contributed by atoms with van der Waals surface area (Å²) < 4.78 is 2.03. The van der Waals surface area contributed by atoms with Crippen LogP contribution in [0.1, 0.15) is 36.6 Å². The maximum absolute atomic E-state index is 12.6. The molecule has 0 fully saturated rings. The van der Waals surface area contributed by atoms with Gasteiger partial charge >= 0.3 is 0 Å². The van der Waals surface area contributed by atoms with E-state index in [1.165, 1.54) is 11.1 Å². The van der Waals surface area contributed by atoms with Gasteiger partial charge in [0.2, 0.25) is 5.91 Å². The van der Waals surface area contributed by atoms with E-state index >= 15 is 0 Å². The molecule has 1 N–H and O–H groups in total. The molecule has 0 saturated carbocycles. The molecule has 0 radical (unpaired) electrons. The lowest BCUT2D eigenvalue weighted by Gasteiger charge is -2.29. The van der Waals surface area contributed by atoms with E-state index in [0.717, 1.165) is 49.2 Å². The van der Waals surface area contributed by atoms with Crippen molar-refractivity contribution in [2.75, 3.05) is 26.7 Å². The highest BCUT2D eigenvalue weighted by Crippen LogP contribution is 2.19. The number of amides is 1. The van der Waals surface area contributed by atoms with Crippen LogP contribution in [0.5, 0.6) is 0 Å². The molecule has 1 amide bonds. The molecule has 6 nitrogen and oxygen atoms in total. The van der Waals surface area contributed by atoms with Crippen LogP contribution in [-0.2, 0) is 31.4 Å². The predicted octanol–water partition coefficient (Wildman–Crippen LogP) is 3.44. The molecule has 1 aliphatic rings. The number of carbonyl (C=O) groups is 1. The largest absolute Gasteiger partial charge is 0.357 e. The second-order valence-corrected chi connectivity index (χ2v) is 8.23. The van der Waals surface area contributed by atoms with Gasteiger partial charge in [0.25, 0.3) is 0 Å². The molecule has 0 atom stereocenters. The summed E-state index contributed by atoms with van der Waals surface area (Å²) in [5.74, 6) is 1.06. The van der Waals surface area contributed by atoms with Crippen molar-refractivity contribution in [3.63, 3.8) is 0 Å². The maximum atomic E-state index is 12.6. The number of hydrogen-bond donors (Lipinski definition) is 1. The highest BCUT2D eigenvalue weighted by Gasteiger charge is 2.19. The SMILES string of the molecule is CCNC(=NCCCC(=O)N1CCc2ccccc2C1)N(C)Cc1cc(Cl)cn1C. The number of carbonyl (C=O) groups excluding carboxylic acids is 1. The lowest BCUT2D eigenvalue weighted by molar-refractivity contribution is -0.132. The minimum atomic E-state index is 0.219. The molecule has 30 heavy (non-hydrogen) atoms. The number of hydrogen-bond acceptors (Lipinski definition) is 2. The summed E-state index contributed by atoms with van der Waals surface area (Å²) in [6, 6.07) is 10.4. The number of aliphatic imine (C=N–C) groups is 1. The Balaban J connectivity index is 1.49. The van der Waals surface area contributed by atoms with Crippen LogP contribution >= 0.6 is 11.6 Å². The van der Waals surface area contributed by atoms with Crippen molar-refractivity contribution < 1.29 is 4.79 Å². The Morgan fingerprint density at radius 3 is 2.77 bits per heavy atom. The molecular weight excluding hydrogens is 398 g/mol. The molecule has 0 bridgehead atoms. The number of guanidine groups is 1. The molecule has 0 saturated heterocycles. The average molecular weight is 430 g/mol. The molecule has 162 valence electrons. The molecule has 0 aliphatic carbocycles. The quantitative estimate of drug-likeness (QED) is 0.416. The van der Waals surface area contributed by atoms with Gasteiger partial charge in [0, 0.05) is 58.6 Å². The number of aryl methyl sites for hydroxylation is 1. The Kier molecular flexibility index (Phi) is 7.80. The standard InChI is InChI=1S/C23H32ClN5O/c1-4-25-23(28(3)17-21-14-20(24)16-27(21)2)26-12-7-10-22(30)29-13-11-18-8-5-6-9-19(18)15-29/h5-6,8-9,14,16H,4,7,10-13,15,17H2,1-3H3,(H,25,26). The molecular formula is C23H32ClN5O. The number of nitrogens with zero attached hydrogens (tertiary/aromatic N) is 4. The van der Waals surface area contributed by atoms with Gasteiger partial charge in [-0.15, -0.1) is 0 Å². The first-order valence-corrected chi connectivity index (χ1v) is 11.0. The van der Waals surface area contributed by atoms with Crippen LogP contribution in [0.15, 0.2) is 41.5 Å². The predicted molar refractivity (Wildman–Crippen MR) is 123 cm³/mol. The van der Waals surface area contributed by atoms with Crippen LogP contribution in [-0.4, -0.2) is 52.9 Å². The summed E-state index contributed by atoms with van der Waals surface area (Å²) in [4.78, 5) is 21.4. The normalized spacial score (nSPS) is 13.9. The van der Waals surface area contributed by atoms with E-state index in [1.54, 1.807) is 0 Å². The van der Waals surface area contributed by atoms with E-state index in [0.29, 0.717) is 19.5 Å². The van der Waals surface area contributed by atoms with Crippen molar-refractivity contribution in [3.05, 3.63) is 58.4 Å². The second-order valence-electron chi connectivity index (χ2n) is 7.79. The number of halogens is 1. The summed E-state index contributed by atoms with van der Waals surface area (Å²) in [5, 5.41) is 4.07. The lowest BCUT2D eigenvalue weighted by atomic mass is 9.99. The number of rotatable bonds is 7. The maximum Gasteiger partial charge on any atom is 0.222 e. The summed E-state index contributed by atoms with van der Waals surface area (Å²) >= 11 is 6.09. The monoisotopic (exact) mass is 429 g/mol. The van der Waals surface area contributed by atoms with Crippen LogP contribution in [0, 0.1) is 0 Å². The van der Waals surface area contributed by atoms with E-state index in [4.69, 9.17) is 16.6 Å². The molecule has 2 heterocycles. The van der Waals surface area contributed by atoms with Gasteiger partial charge in [-0.1, -0.05) is 35.9 Å². The van der Waals surface area contributed by atoms with Crippen molar-refractivity contribution >= 4 is 23.5 Å². The molecule has 3 rings (SSSR count). The number of fused-ring (bicyclic) bond motifs is 1. The minimum absolute atomic E-state index is 0.219. The summed E-state index contributed by atoms with van der Waals surface area (Å²) in [6.07, 6.45) is 4.12. The van der Waals surface area contributed by atoms with Gasteiger partial charge in [-0.2, -0.15) is 0 Å². The number of benzene rings is 1. The van der Waals surface area contributed by atoms with Gasteiger partial charge < -0.3 is 19.7 Å². The van der Waals surface area contributed by atoms with Crippen LogP contribution < -0.4 is 5.32 Å². The molecule has 1 aromatic carbocycles. The van der Waals surface area contributed by atoms with Crippen molar-refractivity contribution in [1.29, 1.82) is 0 Å².